The molecule has 1 aliphatic rings. The number of aromatic nitrogens is 3. The van der Waals surface area contributed by atoms with Crippen LogP contribution in [0.25, 0.3) is 22.8 Å². The van der Waals surface area contributed by atoms with Gasteiger partial charge in [0.1, 0.15) is 5.75 Å². The fourth-order valence-corrected chi connectivity index (χ4v) is 2.46. The first-order chi connectivity index (χ1) is 11.7. The topological polar surface area (TPSA) is 78.1 Å². The second kappa shape index (κ2) is 5.88. The normalized spacial score (nSPS) is 19.0. The third-order valence-corrected chi connectivity index (χ3v) is 4.08. The molecular weight excluding hydrogens is 306 g/mol. The summed E-state index contributed by atoms with van der Waals surface area (Å²) in [6.07, 6.45) is 4.26. The predicted octanol–water partition coefficient (Wildman–Crippen LogP) is 3.36. The van der Waals surface area contributed by atoms with Crippen LogP contribution in [0.4, 0.5) is 0 Å². The van der Waals surface area contributed by atoms with E-state index < -0.39 is 0 Å². The molecule has 0 radical (unpaired) electrons. The molecule has 0 aliphatic heterocycles. The van der Waals surface area contributed by atoms with Crippen LogP contribution in [-0.2, 0) is 4.79 Å². The first-order valence-electron chi connectivity index (χ1n) is 7.77. The van der Waals surface area contributed by atoms with E-state index in [0.717, 1.165) is 17.5 Å². The molecule has 1 aromatic carbocycles. The number of pyridine rings is 1. The minimum atomic E-state index is -0.159. The summed E-state index contributed by atoms with van der Waals surface area (Å²) in [6.45, 7) is 2.05. The van der Waals surface area contributed by atoms with Crippen molar-refractivity contribution in [2.75, 3.05) is 0 Å². The number of rotatable bonds is 4. The Morgan fingerprint density at radius 2 is 2.00 bits per heavy atom. The molecule has 120 valence electrons. The molecule has 2 atom stereocenters. The van der Waals surface area contributed by atoms with Gasteiger partial charge in [0, 0.05) is 18.0 Å². The van der Waals surface area contributed by atoms with Gasteiger partial charge in [0.25, 0.3) is 5.89 Å². The average Bonchev–Trinajstić information content (AvgIpc) is 3.16. The van der Waals surface area contributed by atoms with Crippen LogP contribution in [0.3, 0.4) is 0 Å². The van der Waals surface area contributed by atoms with Gasteiger partial charge in [-0.05, 0) is 48.7 Å². The first kappa shape index (κ1) is 14.6. The highest BCUT2D eigenvalue weighted by atomic mass is 16.5. The molecule has 1 fully saturated rings. The zero-order chi connectivity index (χ0) is 16.5. The Hall–Kier alpha value is -3.02. The molecule has 6 heteroatoms. The van der Waals surface area contributed by atoms with E-state index in [1.807, 2.05) is 19.1 Å². The second-order valence-electron chi connectivity index (χ2n) is 5.93. The maximum Gasteiger partial charge on any atom is 0.314 e. The summed E-state index contributed by atoms with van der Waals surface area (Å²) < 4.78 is 10.6. The largest absolute Gasteiger partial charge is 0.426 e. The number of nitrogens with zero attached hydrogens (tertiary/aromatic N) is 3. The highest BCUT2D eigenvalue weighted by molar-refractivity contribution is 5.78. The Morgan fingerprint density at radius 1 is 1.21 bits per heavy atom. The van der Waals surface area contributed by atoms with Crippen LogP contribution in [0.1, 0.15) is 13.3 Å². The molecule has 4 rings (SSSR count). The summed E-state index contributed by atoms with van der Waals surface area (Å²) >= 11 is 0. The highest BCUT2D eigenvalue weighted by Gasteiger charge is 2.40. The molecule has 0 bridgehead atoms. The molecule has 2 heterocycles. The number of carbonyl (C=O) groups is 1. The molecule has 0 unspecified atom stereocenters. The lowest BCUT2D eigenvalue weighted by Gasteiger charge is -2.03. The van der Waals surface area contributed by atoms with Crippen LogP contribution < -0.4 is 4.74 Å². The lowest BCUT2D eigenvalue weighted by Crippen LogP contribution is -2.10. The lowest BCUT2D eigenvalue weighted by atomic mass is 10.2. The summed E-state index contributed by atoms with van der Waals surface area (Å²) in [5, 5.41) is 3.98. The standard InChI is InChI=1S/C18H15N3O3/c1-11-9-15(11)18(22)23-14-6-4-12(5-7-14)16-20-17(24-21-16)13-3-2-8-19-10-13/h2-8,10-11,15H,9H2,1H3/t11-,15+/m1/s1. The van der Waals surface area contributed by atoms with Crippen LogP contribution in [0, 0.1) is 11.8 Å². The van der Waals surface area contributed by atoms with Gasteiger partial charge < -0.3 is 9.26 Å². The van der Waals surface area contributed by atoms with Gasteiger partial charge in [-0.3, -0.25) is 9.78 Å². The van der Waals surface area contributed by atoms with Gasteiger partial charge in [-0.15, -0.1) is 0 Å². The van der Waals surface area contributed by atoms with Crippen molar-refractivity contribution in [2.24, 2.45) is 11.8 Å². The molecule has 24 heavy (non-hydrogen) atoms. The van der Waals surface area contributed by atoms with E-state index >= 15 is 0 Å². The minimum Gasteiger partial charge on any atom is -0.426 e. The van der Waals surface area contributed by atoms with Gasteiger partial charge in [0.05, 0.1) is 11.5 Å². The molecule has 0 N–H and O–H groups in total. The van der Waals surface area contributed by atoms with Crippen molar-refractivity contribution in [3.8, 4) is 28.6 Å². The quantitative estimate of drug-likeness (QED) is 0.541. The third kappa shape index (κ3) is 2.90. The Labute approximate surface area is 138 Å². The number of ether oxygens (including phenoxy) is 1. The minimum absolute atomic E-state index is 0.0453. The van der Waals surface area contributed by atoms with Crippen molar-refractivity contribution >= 4 is 5.97 Å². The van der Waals surface area contributed by atoms with Gasteiger partial charge in [-0.25, -0.2) is 0 Å². The predicted molar refractivity (Wildman–Crippen MR) is 85.9 cm³/mol. The Morgan fingerprint density at radius 3 is 2.67 bits per heavy atom. The molecule has 3 aromatic rings. The molecule has 0 amide bonds. The summed E-state index contributed by atoms with van der Waals surface area (Å²) in [7, 11) is 0. The van der Waals surface area contributed by atoms with Gasteiger partial charge in [0.15, 0.2) is 0 Å². The van der Waals surface area contributed by atoms with E-state index in [0.29, 0.717) is 23.4 Å². The van der Waals surface area contributed by atoms with Crippen molar-refractivity contribution in [1.82, 2.24) is 15.1 Å². The second-order valence-corrected chi connectivity index (χ2v) is 5.93. The van der Waals surface area contributed by atoms with Crippen molar-refractivity contribution in [2.45, 2.75) is 13.3 Å². The zero-order valence-electron chi connectivity index (χ0n) is 13.0. The maximum absolute atomic E-state index is 11.8. The van der Waals surface area contributed by atoms with E-state index in [1.54, 1.807) is 36.7 Å². The third-order valence-electron chi connectivity index (χ3n) is 4.08. The van der Waals surface area contributed by atoms with Gasteiger partial charge in [-0.2, -0.15) is 4.98 Å². The molecule has 6 nitrogen and oxygen atoms in total. The number of carbonyl (C=O) groups excluding carboxylic acids is 1. The molecule has 0 saturated heterocycles. The van der Waals surface area contributed by atoms with Crippen LogP contribution >= 0.6 is 0 Å². The fraction of sp³-hybridized carbons (Fsp3) is 0.222. The average molecular weight is 321 g/mol. The van der Waals surface area contributed by atoms with E-state index in [4.69, 9.17) is 9.26 Å². The van der Waals surface area contributed by atoms with Gasteiger partial charge in [0.2, 0.25) is 5.82 Å². The SMILES string of the molecule is C[C@@H]1C[C@@H]1C(=O)Oc1ccc(-c2noc(-c3cccnc3)n2)cc1. The van der Waals surface area contributed by atoms with E-state index in [-0.39, 0.29) is 11.9 Å². The number of hydrogen-bond acceptors (Lipinski definition) is 6. The zero-order valence-corrected chi connectivity index (χ0v) is 13.0. The van der Waals surface area contributed by atoms with Crippen molar-refractivity contribution in [3.05, 3.63) is 48.8 Å². The van der Waals surface area contributed by atoms with Crippen LogP contribution in [0.5, 0.6) is 5.75 Å². The monoisotopic (exact) mass is 321 g/mol. The molecule has 1 aliphatic carbocycles. The van der Waals surface area contributed by atoms with E-state index in [2.05, 4.69) is 15.1 Å². The van der Waals surface area contributed by atoms with Crippen LogP contribution in [0.2, 0.25) is 0 Å². The fourth-order valence-electron chi connectivity index (χ4n) is 2.46. The Bertz CT molecular complexity index is 859. The summed E-state index contributed by atoms with van der Waals surface area (Å²) in [5.74, 6) is 1.73. The van der Waals surface area contributed by atoms with Crippen molar-refractivity contribution in [3.63, 3.8) is 0 Å². The smallest absolute Gasteiger partial charge is 0.314 e. The van der Waals surface area contributed by atoms with Crippen molar-refractivity contribution < 1.29 is 14.1 Å². The highest BCUT2D eigenvalue weighted by Crippen LogP contribution is 2.38. The van der Waals surface area contributed by atoms with Crippen molar-refractivity contribution in [1.29, 1.82) is 0 Å². The lowest BCUT2D eigenvalue weighted by molar-refractivity contribution is -0.136. The molecule has 1 saturated carbocycles. The van der Waals surface area contributed by atoms with E-state index in [1.165, 1.54) is 0 Å². The number of esters is 1. The molecule has 0 spiro atoms. The number of benzene rings is 1. The van der Waals surface area contributed by atoms with Crippen LogP contribution in [-0.4, -0.2) is 21.1 Å². The van der Waals surface area contributed by atoms with E-state index in [9.17, 15) is 4.79 Å². The summed E-state index contributed by atoms with van der Waals surface area (Å²) in [6, 6.07) is 10.7. The number of hydrogen-bond donors (Lipinski definition) is 0. The Kier molecular flexibility index (Phi) is 3.57. The summed E-state index contributed by atoms with van der Waals surface area (Å²) in [5.41, 5.74) is 1.55. The molecular formula is C18H15N3O3. The van der Waals surface area contributed by atoms with Gasteiger partial charge >= 0.3 is 5.97 Å². The van der Waals surface area contributed by atoms with Crippen LogP contribution in [0.15, 0.2) is 53.3 Å². The first-order valence-corrected chi connectivity index (χ1v) is 7.77. The summed E-state index contributed by atoms with van der Waals surface area (Å²) in [4.78, 5) is 20.2. The van der Waals surface area contributed by atoms with Gasteiger partial charge in [-0.1, -0.05) is 12.1 Å². The molecule has 2 aromatic heterocycles. The maximum atomic E-state index is 11.8. The Balaban J connectivity index is 1.49.